The summed E-state index contributed by atoms with van der Waals surface area (Å²) in [5.41, 5.74) is 2.73. The molecule has 49 heavy (non-hydrogen) atoms. The molecular formula is C33H38Cl2F3N9O2. The van der Waals surface area contributed by atoms with Crippen LogP contribution in [0, 0.1) is 11.3 Å². The number of amides is 2. The second kappa shape index (κ2) is 13.3. The number of anilines is 3. The maximum atomic E-state index is 13.9. The highest BCUT2D eigenvalue weighted by Gasteiger charge is 2.41. The van der Waals surface area contributed by atoms with Gasteiger partial charge in [-0.15, -0.1) is 0 Å². The lowest BCUT2D eigenvalue weighted by Crippen LogP contribution is -2.41. The van der Waals surface area contributed by atoms with Crippen molar-refractivity contribution in [1.29, 1.82) is 0 Å². The summed E-state index contributed by atoms with van der Waals surface area (Å²) in [5, 5.41) is 14.1. The molecule has 0 unspecified atom stereocenters. The van der Waals surface area contributed by atoms with Crippen molar-refractivity contribution >= 4 is 63.4 Å². The molecule has 0 bridgehead atoms. The topological polar surface area (TPSA) is 122 Å². The highest BCUT2D eigenvalue weighted by Crippen LogP contribution is 2.39. The van der Waals surface area contributed by atoms with Gasteiger partial charge < -0.3 is 25.4 Å². The number of aromatic nitrogens is 5. The first-order chi connectivity index (χ1) is 23.1. The Hall–Kier alpha value is -4.04. The van der Waals surface area contributed by atoms with E-state index in [0.29, 0.717) is 69.2 Å². The van der Waals surface area contributed by atoms with Crippen LogP contribution in [0.1, 0.15) is 68.2 Å². The molecule has 3 N–H and O–H groups in total. The molecule has 1 saturated carbocycles. The Morgan fingerprint density at radius 2 is 1.78 bits per heavy atom. The van der Waals surface area contributed by atoms with Gasteiger partial charge in [0.1, 0.15) is 12.2 Å². The molecule has 6 rings (SSSR count). The molecule has 0 spiro atoms. The summed E-state index contributed by atoms with van der Waals surface area (Å²) in [6, 6.07) is 6.66. The zero-order valence-corrected chi connectivity index (χ0v) is 29.1. The minimum absolute atomic E-state index is 0.0212. The minimum atomic E-state index is -4.23. The molecule has 16 heteroatoms. The molecule has 11 nitrogen and oxygen atoms in total. The molecule has 262 valence electrons. The number of hydrogen-bond donors (Lipinski definition) is 3. The van der Waals surface area contributed by atoms with E-state index in [2.05, 4.69) is 26.0 Å². The number of nitrogens with one attached hydrogen (secondary N) is 3. The largest absolute Gasteiger partial charge is 0.391 e. The van der Waals surface area contributed by atoms with E-state index in [9.17, 15) is 22.8 Å². The summed E-state index contributed by atoms with van der Waals surface area (Å²) < 4.78 is 43.5. The Morgan fingerprint density at radius 3 is 2.47 bits per heavy atom. The van der Waals surface area contributed by atoms with Crippen LogP contribution >= 0.6 is 23.2 Å². The van der Waals surface area contributed by atoms with Gasteiger partial charge in [-0.3, -0.25) is 9.59 Å². The number of carbonyl (C=O) groups is 2. The predicted molar refractivity (Wildman–Crippen MR) is 182 cm³/mol. The van der Waals surface area contributed by atoms with Crippen molar-refractivity contribution in [1.82, 2.24) is 34.9 Å². The van der Waals surface area contributed by atoms with Crippen LogP contribution in [-0.4, -0.2) is 54.9 Å². The second-order valence-corrected chi connectivity index (χ2v) is 14.5. The normalized spacial score (nSPS) is 18.3. The molecular weight excluding hydrogens is 682 g/mol. The first-order valence-electron chi connectivity index (χ1n) is 16.1. The van der Waals surface area contributed by atoms with E-state index >= 15 is 0 Å². The summed E-state index contributed by atoms with van der Waals surface area (Å²) in [4.78, 5) is 37.5. The fourth-order valence-electron chi connectivity index (χ4n) is 6.28. The molecule has 1 fully saturated rings. The zero-order valence-electron chi connectivity index (χ0n) is 27.6. The summed E-state index contributed by atoms with van der Waals surface area (Å²) >= 11 is 13.4. The highest BCUT2D eigenvalue weighted by atomic mass is 35.5. The van der Waals surface area contributed by atoms with Crippen LogP contribution in [0.5, 0.6) is 0 Å². The fourth-order valence-corrected chi connectivity index (χ4v) is 6.81. The van der Waals surface area contributed by atoms with Crippen LogP contribution in [0.25, 0.3) is 11.0 Å². The van der Waals surface area contributed by atoms with Gasteiger partial charge in [-0.1, -0.05) is 50.0 Å². The van der Waals surface area contributed by atoms with Gasteiger partial charge in [0.25, 0.3) is 5.91 Å². The SMILES string of the molecule is Cn1c(Nc2c(Cl)ccc(CNC(=O)C(C)(C)C)c2Cl)nc2cc(C(=O)N[C@H]3CC[C@H](C(F)(F)F)CC3)c(N3CCn4ncnc4C3)cc21. The Bertz CT molecular complexity index is 1890. The number of hydrogen-bond acceptors (Lipinski definition) is 7. The van der Waals surface area contributed by atoms with Crippen LogP contribution in [0.3, 0.4) is 0 Å². The Kier molecular flexibility index (Phi) is 9.48. The summed E-state index contributed by atoms with van der Waals surface area (Å²) in [5.74, 6) is -0.694. The lowest BCUT2D eigenvalue weighted by molar-refractivity contribution is -0.182. The standard InChI is InChI=1S/C33H38Cl2F3N9O2/c1-32(2,3)30(49)39-15-18-5-10-22(34)28(27(18)35)44-31-43-23-13-21(29(48)42-20-8-6-19(7-9-20)33(36,37)38)24(14-25(23)45(31)4)46-11-12-47-26(16-46)40-17-41-47/h5,10,13-14,17,19-20H,6-9,11-12,15-16H2,1-4H3,(H,39,49)(H,42,48)(H,43,44)/t19-,20-. The van der Waals surface area contributed by atoms with Crippen molar-refractivity contribution in [2.24, 2.45) is 18.4 Å². The third-order valence-electron chi connectivity index (χ3n) is 9.25. The summed E-state index contributed by atoms with van der Waals surface area (Å²) in [7, 11) is 1.82. The molecule has 2 aliphatic rings. The summed E-state index contributed by atoms with van der Waals surface area (Å²) in [6.45, 7) is 7.21. The molecule has 3 heterocycles. The van der Waals surface area contributed by atoms with Gasteiger partial charge >= 0.3 is 6.18 Å². The number of benzene rings is 2. The fraction of sp³-hybridized carbons (Fsp3) is 0.485. The van der Waals surface area contributed by atoms with E-state index in [-0.39, 0.29) is 50.1 Å². The molecule has 2 aromatic carbocycles. The van der Waals surface area contributed by atoms with Gasteiger partial charge in [0, 0.05) is 31.6 Å². The van der Waals surface area contributed by atoms with Crippen molar-refractivity contribution in [3.63, 3.8) is 0 Å². The monoisotopic (exact) mass is 719 g/mol. The van der Waals surface area contributed by atoms with Gasteiger partial charge in [-0.05, 0) is 49.4 Å². The molecule has 1 aliphatic carbocycles. The van der Waals surface area contributed by atoms with E-state index in [1.807, 2.05) is 48.0 Å². The molecule has 0 atom stereocenters. The van der Waals surface area contributed by atoms with Gasteiger partial charge in [0.05, 0.1) is 57.0 Å². The van der Waals surface area contributed by atoms with E-state index in [4.69, 9.17) is 28.2 Å². The number of aryl methyl sites for hydroxylation is 1. The van der Waals surface area contributed by atoms with E-state index in [0.717, 1.165) is 5.82 Å². The number of carbonyl (C=O) groups excluding carboxylic acids is 2. The molecule has 2 amide bonds. The maximum Gasteiger partial charge on any atom is 0.391 e. The van der Waals surface area contributed by atoms with Gasteiger partial charge in [-0.2, -0.15) is 18.3 Å². The average Bonchev–Trinajstić information content (AvgIpc) is 3.64. The molecule has 2 aromatic heterocycles. The Balaban J connectivity index is 1.31. The third-order valence-corrected chi connectivity index (χ3v) is 9.99. The number of halogens is 5. The second-order valence-electron chi connectivity index (χ2n) is 13.7. The van der Waals surface area contributed by atoms with E-state index in [1.165, 1.54) is 6.33 Å². The molecule has 0 radical (unpaired) electrons. The highest BCUT2D eigenvalue weighted by molar-refractivity contribution is 6.39. The maximum absolute atomic E-state index is 13.9. The molecule has 0 saturated heterocycles. The van der Waals surface area contributed by atoms with Crippen molar-refractivity contribution < 1.29 is 22.8 Å². The van der Waals surface area contributed by atoms with Gasteiger partial charge in [-0.25, -0.2) is 14.6 Å². The van der Waals surface area contributed by atoms with E-state index < -0.39 is 17.5 Å². The van der Waals surface area contributed by atoms with Crippen molar-refractivity contribution in [2.75, 3.05) is 16.8 Å². The summed E-state index contributed by atoms with van der Waals surface area (Å²) in [6.07, 6.45) is -2.28. The number of rotatable bonds is 7. The Labute approximate surface area is 291 Å². The number of fused-ring (bicyclic) bond motifs is 2. The Morgan fingerprint density at radius 1 is 1.04 bits per heavy atom. The smallest absolute Gasteiger partial charge is 0.361 e. The lowest BCUT2D eigenvalue weighted by atomic mass is 9.85. The average molecular weight is 721 g/mol. The van der Waals surface area contributed by atoms with Crippen molar-refractivity contribution in [2.45, 2.75) is 78.3 Å². The van der Waals surface area contributed by atoms with Crippen LogP contribution in [0.2, 0.25) is 10.0 Å². The molecule has 1 aliphatic heterocycles. The van der Waals surface area contributed by atoms with Crippen LogP contribution in [-0.2, 0) is 31.5 Å². The quantitative estimate of drug-likeness (QED) is 0.193. The zero-order chi connectivity index (χ0) is 35.2. The number of nitrogens with zero attached hydrogens (tertiary/aromatic N) is 6. The van der Waals surface area contributed by atoms with Crippen molar-refractivity contribution in [3.8, 4) is 0 Å². The van der Waals surface area contributed by atoms with Crippen molar-refractivity contribution in [3.05, 3.63) is 57.6 Å². The van der Waals surface area contributed by atoms with Crippen LogP contribution in [0.15, 0.2) is 30.6 Å². The minimum Gasteiger partial charge on any atom is -0.361 e. The number of imidazole rings is 1. The third kappa shape index (κ3) is 7.30. The lowest BCUT2D eigenvalue weighted by Gasteiger charge is -2.32. The van der Waals surface area contributed by atoms with Crippen LogP contribution < -0.4 is 20.9 Å². The van der Waals surface area contributed by atoms with Gasteiger partial charge in [0.15, 0.2) is 0 Å². The van der Waals surface area contributed by atoms with Crippen LogP contribution in [0.4, 0.5) is 30.5 Å². The molecule has 4 aromatic rings. The van der Waals surface area contributed by atoms with E-state index in [1.54, 1.807) is 18.2 Å². The van der Waals surface area contributed by atoms with Gasteiger partial charge in [0.2, 0.25) is 11.9 Å². The first kappa shape index (κ1) is 34.8. The predicted octanol–water partition coefficient (Wildman–Crippen LogP) is 6.75. The number of alkyl halides is 3. The first-order valence-corrected chi connectivity index (χ1v) is 16.9.